The second-order valence-electron chi connectivity index (χ2n) is 5.45. The molecule has 0 radical (unpaired) electrons. The first kappa shape index (κ1) is 19.8. The maximum Gasteiger partial charge on any atom is 0.249 e. The van der Waals surface area contributed by atoms with E-state index in [0.29, 0.717) is 33.8 Å². The predicted octanol–water partition coefficient (Wildman–Crippen LogP) is 4.69. The van der Waals surface area contributed by atoms with E-state index in [4.69, 9.17) is 37.4 Å². The smallest absolute Gasteiger partial charge is 0.249 e. The minimum Gasteiger partial charge on any atom is -0.493 e. The van der Waals surface area contributed by atoms with Crippen LogP contribution in [0.2, 0.25) is 10.2 Å². The zero-order chi connectivity index (χ0) is 20.1. The lowest BCUT2D eigenvalue weighted by Crippen LogP contribution is -2.04. The Morgan fingerprint density at radius 1 is 0.786 bits per heavy atom. The Hall–Kier alpha value is -2.97. The zero-order valence-corrected chi connectivity index (χ0v) is 16.8. The molecule has 10 heteroatoms. The number of anilines is 4. The Labute approximate surface area is 171 Å². The Morgan fingerprint density at radius 2 is 1.43 bits per heavy atom. The normalized spacial score (nSPS) is 10.3. The first-order valence-electron chi connectivity index (χ1n) is 8.04. The summed E-state index contributed by atoms with van der Waals surface area (Å²) in [5.74, 6) is 2.03. The third-order valence-electron chi connectivity index (χ3n) is 3.67. The summed E-state index contributed by atoms with van der Waals surface area (Å²) in [5.41, 5.74) is 1.38. The highest BCUT2D eigenvalue weighted by atomic mass is 35.5. The molecule has 0 saturated carbocycles. The third-order valence-corrected chi connectivity index (χ3v) is 4.18. The third kappa shape index (κ3) is 4.47. The van der Waals surface area contributed by atoms with Crippen molar-refractivity contribution < 1.29 is 14.2 Å². The van der Waals surface area contributed by atoms with Crippen molar-refractivity contribution in [1.29, 1.82) is 0 Å². The highest BCUT2D eigenvalue weighted by molar-refractivity contribution is 6.31. The topological polar surface area (TPSA) is 90.4 Å². The number of ether oxygens (including phenoxy) is 3. The molecule has 2 N–H and O–H groups in total. The first-order valence-corrected chi connectivity index (χ1v) is 8.79. The van der Waals surface area contributed by atoms with E-state index in [1.807, 2.05) is 0 Å². The lowest BCUT2D eigenvalue weighted by Gasteiger charge is -2.15. The molecule has 0 fully saturated rings. The number of nitrogens with zero attached hydrogens (tertiary/aromatic N) is 3. The number of benzene rings is 2. The largest absolute Gasteiger partial charge is 0.493 e. The lowest BCUT2D eigenvalue weighted by molar-refractivity contribution is 0.324. The molecule has 1 heterocycles. The molecule has 0 aliphatic rings. The summed E-state index contributed by atoms with van der Waals surface area (Å²) in [6, 6.07) is 10.6. The highest BCUT2D eigenvalue weighted by Gasteiger charge is 2.15. The van der Waals surface area contributed by atoms with Crippen molar-refractivity contribution in [2.75, 3.05) is 32.0 Å². The molecule has 0 aliphatic heterocycles. The summed E-state index contributed by atoms with van der Waals surface area (Å²) in [6.45, 7) is 0. The molecule has 146 valence electrons. The molecule has 28 heavy (non-hydrogen) atoms. The Balaban J connectivity index is 1.88. The molecule has 0 atom stereocenters. The van der Waals surface area contributed by atoms with Gasteiger partial charge in [0.1, 0.15) is 0 Å². The van der Waals surface area contributed by atoms with E-state index in [1.54, 1.807) is 36.4 Å². The molecule has 8 nitrogen and oxygen atoms in total. The molecule has 0 aliphatic carbocycles. The fourth-order valence-electron chi connectivity index (χ4n) is 2.40. The van der Waals surface area contributed by atoms with E-state index in [9.17, 15) is 0 Å². The van der Waals surface area contributed by atoms with Gasteiger partial charge >= 0.3 is 0 Å². The molecule has 0 spiro atoms. The van der Waals surface area contributed by atoms with Crippen LogP contribution in [0.15, 0.2) is 36.4 Å². The Kier molecular flexibility index (Phi) is 6.23. The van der Waals surface area contributed by atoms with Gasteiger partial charge in [-0.3, -0.25) is 0 Å². The quantitative estimate of drug-likeness (QED) is 0.567. The number of rotatable bonds is 7. The summed E-state index contributed by atoms with van der Waals surface area (Å²) in [7, 11) is 4.61. The van der Waals surface area contributed by atoms with Crippen LogP contribution in [-0.2, 0) is 0 Å². The van der Waals surface area contributed by atoms with E-state index in [0.717, 1.165) is 5.69 Å². The maximum absolute atomic E-state index is 6.14. The maximum atomic E-state index is 6.14. The average Bonchev–Trinajstić information content (AvgIpc) is 2.71. The second kappa shape index (κ2) is 8.81. The van der Waals surface area contributed by atoms with Gasteiger partial charge in [-0.1, -0.05) is 23.2 Å². The van der Waals surface area contributed by atoms with E-state index in [1.165, 1.54) is 21.3 Å². The molecule has 0 saturated heterocycles. The fourth-order valence-corrected chi connectivity index (χ4v) is 2.65. The van der Waals surface area contributed by atoms with Gasteiger partial charge in [0.25, 0.3) is 0 Å². The molecule has 3 rings (SSSR count). The van der Waals surface area contributed by atoms with Crippen molar-refractivity contribution >= 4 is 46.3 Å². The van der Waals surface area contributed by atoms with Crippen LogP contribution < -0.4 is 24.8 Å². The van der Waals surface area contributed by atoms with Crippen LogP contribution in [0, 0.1) is 0 Å². The Bertz CT molecular complexity index is 945. The van der Waals surface area contributed by atoms with Crippen LogP contribution in [0.3, 0.4) is 0 Å². The van der Waals surface area contributed by atoms with Gasteiger partial charge in [-0.25, -0.2) is 0 Å². The predicted molar refractivity (Wildman–Crippen MR) is 109 cm³/mol. The fraction of sp³-hybridized carbons (Fsp3) is 0.167. The molecular formula is C18H17Cl2N5O3. The van der Waals surface area contributed by atoms with E-state index in [2.05, 4.69) is 25.8 Å². The van der Waals surface area contributed by atoms with Crippen molar-refractivity contribution in [2.45, 2.75) is 0 Å². The molecule has 3 aromatic rings. The van der Waals surface area contributed by atoms with Gasteiger partial charge in [-0.2, -0.15) is 4.98 Å². The number of aromatic nitrogens is 3. The lowest BCUT2D eigenvalue weighted by atomic mass is 10.2. The standard InChI is InChI=1S/C18H17Cl2N5O3/c1-26-13-8-12(9-14(27-2)15(13)28-3)21-17-16(20)24-25-18(23-17)22-11-6-4-10(19)5-7-11/h4-9H,1-3H3,(H2,21,22,23,25). The van der Waals surface area contributed by atoms with Crippen molar-refractivity contribution in [3.63, 3.8) is 0 Å². The number of nitrogens with one attached hydrogen (secondary N) is 2. The molecule has 0 unspecified atom stereocenters. The summed E-state index contributed by atoms with van der Waals surface area (Å²) in [4.78, 5) is 4.37. The Morgan fingerprint density at radius 3 is 2.00 bits per heavy atom. The molecule has 2 aromatic carbocycles. The van der Waals surface area contributed by atoms with Crippen LogP contribution in [0.4, 0.5) is 23.1 Å². The van der Waals surface area contributed by atoms with Gasteiger partial charge in [0.2, 0.25) is 11.7 Å². The SMILES string of the molecule is COc1cc(Nc2nc(Nc3ccc(Cl)cc3)nnc2Cl)cc(OC)c1OC. The van der Waals surface area contributed by atoms with Crippen LogP contribution in [0.1, 0.15) is 0 Å². The summed E-state index contributed by atoms with van der Waals surface area (Å²) < 4.78 is 16.0. The van der Waals surface area contributed by atoms with Crippen molar-refractivity contribution in [2.24, 2.45) is 0 Å². The van der Waals surface area contributed by atoms with Crippen LogP contribution in [-0.4, -0.2) is 36.5 Å². The summed E-state index contributed by atoms with van der Waals surface area (Å²) in [5, 5.41) is 14.7. The zero-order valence-electron chi connectivity index (χ0n) is 15.3. The first-order chi connectivity index (χ1) is 13.5. The second-order valence-corrected chi connectivity index (χ2v) is 6.24. The minimum absolute atomic E-state index is 0.107. The van der Waals surface area contributed by atoms with Crippen LogP contribution in [0.25, 0.3) is 0 Å². The molecule has 0 bridgehead atoms. The number of hydrogen-bond acceptors (Lipinski definition) is 8. The van der Waals surface area contributed by atoms with E-state index < -0.39 is 0 Å². The van der Waals surface area contributed by atoms with Gasteiger partial charge in [-0.05, 0) is 24.3 Å². The molecule has 0 amide bonds. The van der Waals surface area contributed by atoms with Crippen molar-refractivity contribution in [3.8, 4) is 17.2 Å². The number of halogens is 2. The van der Waals surface area contributed by atoms with E-state index >= 15 is 0 Å². The number of methoxy groups -OCH3 is 3. The minimum atomic E-state index is 0.107. The average molecular weight is 422 g/mol. The van der Waals surface area contributed by atoms with Gasteiger partial charge in [0.05, 0.1) is 21.3 Å². The molecule has 1 aromatic heterocycles. The van der Waals surface area contributed by atoms with E-state index in [-0.39, 0.29) is 11.1 Å². The van der Waals surface area contributed by atoms with Gasteiger partial charge in [0, 0.05) is 28.5 Å². The summed E-state index contributed by atoms with van der Waals surface area (Å²) >= 11 is 12.0. The number of hydrogen-bond donors (Lipinski definition) is 2. The van der Waals surface area contributed by atoms with Crippen molar-refractivity contribution in [1.82, 2.24) is 15.2 Å². The van der Waals surface area contributed by atoms with Crippen LogP contribution >= 0.6 is 23.2 Å². The highest BCUT2D eigenvalue weighted by Crippen LogP contribution is 2.40. The van der Waals surface area contributed by atoms with Crippen LogP contribution in [0.5, 0.6) is 17.2 Å². The molecular weight excluding hydrogens is 405 g/mol. The monoisotopic (exact) mass is 421 g/mol. The van der Waals surface area contributed by atoms with Gasteiger partial charge in [-0.15, -0.1) is 10.2 Å². The van der Waals surface area contributed by atoms with Crippen molar-refractivity contribution in [3.05, 3.63) is 46.6 Å². The summed E-state index contributed by atoms with van der Waals surface area (Å²) in [6.07, 6.45) is 0. The van der Waals surface area contributed by atoms with Gasteiger partial charge < -0.3 is 24.8 Å². The van der Waals surface area contributed by atoms with Gasteiger partial charge in [0.15, 0.2) is 22.5 Å².